The van der Waals surface area contributed by atoms with Gasteiger partial charge in [0.1, 0.15) is 5.75 Å². The summed E-state index contributed by atoms with van der Waals surface area (Å²) in [6.45, 7) is 4.24. The van der Waals surface area contributed by atoms with Gasteiger partial charge in [0.2, 0.25) is 10.0 Å². The molecule has 1 aliphatic heterocycles. The molecule has 0 spiro atoms. The highest BCUT2D eigenvalue weighted by atomic mass is 32.2. The Hall–Kier alpha value is -2.73. The molecule has 0 aromatic heterocycles. The number of nitrogens with zero attached hydrogens (tertiary/aromatic N) is 2. The van der Waals surface area contributed by atoms with Crippen LogP contribution in [0.3, 0.4) is 0 Å². The van der Waals surface area contributed by atoms with Crippen LogP contribution in [0.5, 0.6) is 5.75 Å². The van der Waals surface area contributed by atoms with E-state index in [4.69, 9.17) is 14.7 Å². The van der Waals surface area contributed by atoms with Crippen molar-refractivity contribution in [3.8, 4) is 11.8 Å². The molecular weight excluding hydrogens is 380 g/mol. The molecule has 0 unspecified atom stereocenters. The summed E-state index contributed by atoms with van der Waals surface area (Å²) >= 11 is 0. The highest BCUT2D eigenvalue weighted by Crippen LogP contribution is 2.22. The minimum atomic E-state index is -3.67. The lowest BCUT2D eigenvalue weighted by Crippen LogP contribution is -2.48. The summed E-state index contributed by atoms with van der Waals surface area (Å²) in [5.74, 6) is -0.306. The number of nitriles is 1. The fourth-order valence-corrected chi connectivity index (χ4v) is 4.59. The molecule has 0 N–H and O–H groups in total. The predicted molar refractivity (Wildman–Crippen MR) is 101 cm³/mol. The number of sulfonamides is 1. The van der Waals surface area contributed by atoms with Crippen molar-refractivity contribution in [3.05, 3.63) is 59.7 Å². The third-order valence-corrected chi connectivity index (χ3v) is 6.15. The fourth-order valence-electron chi connectivity index (χ4n) is 3.00. The lowest BCUT2D eigenvalue weighted by Gasteiger charge is -2.34. The zero-order valence-electron chi connectivity index (χ0n) is 15.5. The van der Waals surface area contributed by atoms with Gasteiger partial charge < -0.3 is 9.47 Å². The Labute approximate surface area is 164 Å². The monoisotopic (exact) mass is 400 g/mol. The smallest absolute Gasteiger partial charge is 0.343 e. The first-order valence-corrected chi connectivity index (χ1v) is 10.2. The molecule has 0 radical (unpaired) electrons. The Kier molecular flexibility index (Phi) is 5.79. The quantitative estimate of drug-likeness (QED) is 0.578. The van der Waals surface area contributed by atoms with E-state index in [1.54, 1.807) is 12.1 Å². The second-order valence-corrected chi connectivity index (χ2v) is 8.57. The van der Waals surface area contributed by atoms with Crippen molar-refractivity contribution in [2.24, 2.45) is 0 Å². The van der Waals surface area contributed by atoms with Crippen LogP contribution in [0.15, 0.2) is 53.4 Å². The number of hydrogen-bond donors (Lipinski definition) is 0. The molecule has 1 heterocycles. The predicted octanol–water partition coefficient (Wildman–Crippen LogP) is 2.58. The fraction of sp³-hybridized carbons (Fsp3) is 0.300. The molecule has 28 heavy (non-hydrogen) atoms. The number of rotatable bonds is 4. The Morgan fingerprint density at radius 3 is 2.18 bits per heavy atom. The first-order chi connectivity index (χ1) is 13.3. The number of carbonyl (C=O) groups is 1. The summed E-state index contributed by atoms with van der Waals surface area (Å²) in [7, 11) is -3.67. The Morgan fingerprint density at radius 2 is 1.64 bits per heavy atom. The minimum Gasteiger partial charge on any atom is -0.423 e. The van der Waals surface area contributed by atoms with E-state index >= 15 is 0 Å². The van der Waals surface area contributed by atoms with E-state index in [1.165, 1.54) is 40.7 Å². The number of esters is 1. The van der Waals surface area contributed by atoms with Gasteiger partial charge in [0, 0.05) is 13.1 Å². The molecule has 1 fully saturated rings. The second-order valence-electron chi connectivity index (χ2n) is 6.63. The van der Waals surface area contributed by atoms with E-state index in [-0.39, 0.29) is 35.8 Å². The lowest BCUT2D eigenvalue weighted by molar-refractivity contribution is -0.0440. The summed E-state index contributed by atoms with van der Waals surface area (Å²) < 4.78 is 37.9. The molecule has 0 bridgehead atoms. The molecule has 2 aromatic rings. The van der Waals surface area contributed by atoms with Crippen LogP contribution in [0.1, 0.15) is 29.8 Å². The Morgan fingerprint density at radius 1 is 1.07 bits per heavy atom. The molecule has 7 nitrogen and oxygen atoms in total. The van der Waals surface area contributed by atoms with Crippen molar-refractivity contribution in [1.29, 1.82) is 5.26 Å². The molecular formula is C20H20N2O5S. The van der Waals surface area contributed by atoms with Gasteiger partial charge in [0.05, 0.1) is 34.3 Å². The molecule has 0 saturated carbocycles. The van der Waals surface area contributed by atoms with Gasteiger partial charge in [-0.2, -0.15) is 9.57 Å². The normalized spacial score (nSPS) is 20.3. The van der Waals surface area contributed by atoms with Crippen LogP contribution in [0.4, 0.5) is 0 Å². The van der Waals surface area contributed by atoms with Crippen molar-refractivity contribution >= 4 is 16.0 Å². The molecule has 2 atom stereocenters. The molecule has 0 aliphatic carbocycles. The van der Waals surface area contributed by atoms with Crippen LogP contribution in [-0.2, 0) is 14.8 Å². The maximum atomic E-state index is 12.8. The van der Waals surface area contributed by atoms with Gasteiger partial charge in [-0.1, -0.05) is 0 Å². The SMILES string of the molecule is C[C@@H]1CN(S(=O)(=O)c2ccc(C(=O)Oc3ccc(C#N)cc3)cc2)C[C@@H](C)O1. The zero-order valence-corrected chi connectivity index (χ0v) is 16.3. The molecule has 2 aromatic carbocycles. The van der Waals surface area contributed by atoms with E-state index in [9.17, 15) is 13.2 Å². The summed E-state index contributed by atoms with van der Waals surface area (Å²) in [5, 5.41) is 8.79. The first kappa shape index (κ1) is 20.0. The lowest BCUT2D eigenvalue weighted by atomic mass is 10.2. The van der Waals surface area contributed by atoms with E-state index in [0.29, 0.717) is 11.3 Å². The van der Waals surface area contributed by atoms with Crippen molar-refractivity contribution in [2.75, 3.05) is 13.1 Å². The maximum Gasteiger partial charge on any atom is 0.343 e. The zero-order chi connectivity index (χ0) is 20.3. The van der Waals surface area contributed by atoms with Crippen LogP contribution in [0, 0.1) is 11.3 Å². The van der Waals surface area contributed by atoms with Crippen molar-refractivity contribution < 1.29 is 22.7 Å². The van der Waals surface area contributed by atoms with E-state index in [0.717, 1.165) is 0 Å². The largest absolute Gasteiger partial charge is 0.423 e. The highest BCUT2D eigenvalue weighted by Gasteiger charge is 2.32. The van der Waals surface area contributed by atoms with Gasteiger partial charge in [0.25, 0.3) is 0 Å². The molecule has 8 heteroatoms. The molecule has 3 rings (SSSR count). The Bertz CT molecular complexity index is 984. The molecule has 1 saturated heterocycles. The third kappa shape index (κ3) is 4.39. The topological polar surface area (TPSA) is 96.7 Å². The molecule has 146 valence electrons. The molecule has 1 aliphatic rings. The average Bonchev–Trinajstić information content (AvgIpc) is 2.68. The Balaban J connectivity index is 1.73. The standard InChI is InChI=1S/C20H20N2O5S/c1-14-12-22(13-15(2)26-14)28(24,25)19-9-5-17(6-10-19)20(23)27-18-7-3-16(11-21)4-8-18/h3-10,14-15H,12-13H2,1-2H3/t14-,15-/m1/s1. The average molecular weight is 400 g/mol. The second kappa shape index (κ2) is 8.10. The highest BCUT2D eigenvalue weighted by molar-refractivity contribution is 7.89. The van der Waals surface area contributed by atoms with Gasteiger partial charge in [-0.15, -0.1) is 0 Å². The van der Waals surface area contributed by atoms with Gasteiger partial charge in [-0.3, -0.25) is 0 Å². The number of ether oxygens (including phenoxy) is 2. The van der Waals surface area contributed by atoms with E-state index < -0.39 is 16.0 Å². The van der Waals surface area contributed by atoms with Crippen LogP contribution in [0.2, 0.25) is 0 Å². The number of hydrogen-bond acceptors (Lipinski definition) is 6. The number of carbonyl (C=O) groups excluding carboxylic acids is 1. The summed E-state index contributed by atoms with van der Waals surface area (Å²) in [6, 6.07) is 13.8. The summed E-state index contributed by atoms with van der Waals surface area (Å²) in [5.41, 5.74) is 0.688. The molecule has 0 amide bonds. The van der Waals surface area contributed by atoms with Crippen molar-refractivity contribution in [2.45, 2.75) is 31.0 Å². The van der Waals surface area contributed by atoms with E-state index in [2.05, 4.69) is 0 Å². The van der Waals surface area contributed by atoms with Gasteiger partial charge in [-0.25, -0.2) is 13.2 Å². The first-order valence-electron chi connectivity index (χ1n) is 8.77. The van der Waals surface area contributed by atoms with Crippen molar-refractivity contribution in [3.63, 3.8) is 0 Å². The minimum absolute atomic E-state index is 0.115. The van der Waals surface area contributed by atoms with E-state index in [1.807, 2.05) is 19.9 Å². The van der Waals surface area contributed by atoms with Gasteiger partial charge in [-0.05, 0) is 62.4 Å². The summed E-state index contributed by atoms with van der Waals surface area (Å²) in [6.07, 6.45) is -0.361. The summed E-state index contributed by atoms with van der Waals surface area (Å²) in [4.78, 5) is 12.4. The number of benzene rings is 2. The van der Waals surface area contributed by atoms with Crippen LogP contribution < -0.4 is 4.74 Å². The van der Waals surface area contributed by atoms with Crippen LogP contribution in [-0.4, -0.2) is 44.0 Å². The van der Waals surface area contributed by atoms with Gasteiger partial charge >= 0.3 is 5.97 Å². The maximum absolute atomic E-state index is 12.8. The van der Waals surface area contributed by atoms with Crippen LogP contribution >= 0.6 is 0 Å². The number of morpholine rings is 1. The van der Waals surface area contributed by atoms with Crippen molar-refractivity contribution in [1.82, 2.24) is 4.31 Å². The third-order valence-electron chi connectivity index (χ3n) is 4.31. The van der Waals surface area contributed by atoms with Crippen LogP contribution in [0.25, 0.3) is 0 Å². The van der Waals surface area contributed by atoms with Gasteiger partial charge in [0.15, 0.2) is 0 Å².